The highest BCUT2D eigenvalue weighted by Crippen LogP contribution is 2.46. The van der Waals surface area contributed by atoms with Crippen LogP contribution >= 0.6 is 0 Å². The van der Waals surface area contributed by atoms with E-state index in [2.05, 4.69) is 11.9 Å². The number of nitrogens with zero attached hydrogens (tertiary/aromatic N) is 1. The van der Waals surface area contributed by atoms with Gasteiger partial charge in [0.1, 0.15) is 5.82 Å². The summed E-state index contributed by atoms with van der Waals surface area (Å²) in [6.07, 6.45) is 3.35. The van der Waals surface area contributed by atoms with Gasteiger partial charge in [-0.05, 0) is 62.1 Å². The molecule has 2 aliphatic rings. The molecule has 4 atom stereocenters. The molecular weight excluding hydrogens is 329 g/mol. The Morgan fingerprint density at radius 1 is 1.12 bits per heavy atom. The molecule has 0 radical (unpaired) electrons. The van der Waals surface area contributed by atoms with Crippen molar-refractivity contribution in [2.75, 3.05) is 13.7 Å². The van der Waals surface area contributed by atoms with Crippen LogP contribution in [0.3, 0.4) is 0 Å². The van der Waals surface area contributed by atoms with Crippen molar-refractivity contribution in [3.63, 3.8) is 0 Å². The molecule has 2 fully saturated rings. The Balaban J connectivity index is 1.53. The average Bonchev–Trinajstić information content (AvgIpc) is 2.91. The zero-order valence-corrected chi connectivity index (χ0v) is 15.0. The second kappa shape index (κ2) is 7.20. The van der Waals surface area contributed by atoms with Gasteiger partial charge in [-0.3, -0.25) is 0 Å². The fraction of sp³-hybridized carbons (Fsp3) is 0.409. The van der Waals surface area contributed by atoms with Crippen molar-refractivity contribution in [1.82, 2.24) is 4.90 Å². The number of ether oxygens (including phenoxy) is 1. The SMILES string of the molecule is CN1[C@H]2CC[C@@H]1[C@H](COC(=O)c1ccccc1)[C@@H](c1ccc(F)cc1)C2. The van der Waals surface area contributed by atoms with Crippen molar-refractivity contribution in [3.8, 4) is 0 Å². The predicted octanol–water partition coefficient (Wildman–Crippen LogP) is 4.25. The number of halogens is 1. The number of fused-ring (bicyclic) bond motifs is 2. The molecular formula is C22H24FNO2. The molecule has 136 valence electrons. The van der Waals surface area contributed by atoms with Gasteiger partial charge >= 0.3 is 5.97 Å². The normalized spacial score (nSPS) is 28.1. The number of hydrogen-bond acceptors (Lipinski definition) is 3. The third-order valence-corrected chi connectivity index (χ3v) is 6.15. The van der Waals surface area contributed by atoms with E-state index in [0.29, 0.717) is 30.2 Å². The Labute approximate surface area is 153 Å². The number of esters is 1. The van der Waals surface area contributed by atoms with Crippen LogP contribution in [0, 0.1) is 11.7 Å². The Morgan fingerprint density at radius 2 is 1.85 bits per heavy atom. The van der Waals surface area contributed by atoms with Gasteiger partial charge in [0, 0.05) is 18.0 Å². The lowest BCUT2D eigenvalue weighted by atomic mass is 9.76. The zero-order valence-electron chi connectivity index (χ0n) is 15.0. The van der Waals surface area contributed by atoms with E-state index >= 15 is 0 Å². The Bertz CT molecular complexity index is 761. The molecule has 3 nitrogen and oxygen atoms in total. The third kappa shape index (κ3) is 3.26. The molecule has 0 saturated carbocycles. The summed E-state index contributed by atoms with van der Waals surface area (Å²) in [5, 5.41) is 0. The highest BCUT2D eigenvalue weighted by atomic mass is 19.1. The van der Waals surface area contributed by atoms with Gasteiger partial charge in [0.2, 0.25) is 0 Å². The van der Waals surface area contributed by atoms with Gasteiger partial charge in [0.05, 0.1) is 12.2 Å². The Morgan fingerprint density at radius 3 is 2.58 bits per heavy atom. The molecule has 2 aromatic carbocycles. The quantitative estimate of drug-likeness (QED) is 0.770. The van der Waals surface area contributed by atoms with E-state index in [1.54, 1.807) is 12.1 Å². The first-order chi connectivity index (χ1) is 12.6. The molecule has 2 heterocycles. The fourth-order valence-corrected chi connectivity index (χ4v) is 4.73. The van der Waals surface area contributed by atoms with Crippen LogP contribution in [0.15, 0.2) is 54.6 Å². The monoisotopic (exact) mass is 353 g/mol. The number of carbonyl (C=O) groups is 1. The minimum atomic E-state index is -0.272. The maximum atomic E-state index is 13.3. The third-order valence-electron chi connectivity index (χ3n) is 6.15. The van der Waals surface area contributed by atoms with Crippen molar-refractivity contribution in [1.29, 1.82) is 0 Å². The lowest BCUT2D eigenvalue weighted by molar-refractivity contribution is 0.0187. The molecule has 0 amide bonds. The van der Waals surface area contributed by atoms with Crippen molar-refractivity contribution in [2.45, 2.75) is 37.3 Å². The summed E-state index contributed by atoms with van der Waals surface area (Å²) in [5.74, 6) is 0.0488. The maximum absolute atomic E-state index is 13.3. The standard InChI is InChI=1S/C22H24FNO2/c1-24-18-11-12-21(24)20(14-26-22(25)16-5-3-2-4-6-16)19(13-18)15-7-9-17(23)10-8-15/h2-10,18-21H,11-14H2,1H3/t18-,19+,20+,21+/m0/s1. The van der Waals surface area contributed by atoms with Gasteiger partial charge in [-0.2, -0.15) is 0 Å². The summed E-state index contributed by atoms with van der Waals surface area (Å²) in [6.45, 7) is 0.400. The topological polar surface area (TPSA) is 29.5 Å². The summed E-state index contributed by atoms with van der Waals surface area (Å²) < 4.78 is 19.0. The minimum Gasteiger partial charge on any atom is -0.462 e. The molecule has 26 heavy (non-hydrogen) atoms. The number of rotatable bonds is 4. The number of carbonyl (C=O) groups excluding carboxylic acids is 1. The molecule has 0 aliphatic carbocycles. The molecule has 0 aromatic heterocycles. The summed E-state index contributed by atoms with van der Waals surface area (Å²) in [5.41, 5.74) is 1.73. The Kier molecular flexibility index (Phi) is 4.77. The first-order valence-corrected chi connectivity index (χ1v) is 9.33. The molecule has 2 bridgehead atoms. The lowest BCUT2D eigenvalue weighted by Crippen LogP contribution is -2.47. The second-order valence-electron chi connectivity index (χ2n) is 7.49. The summed E-state index contributed by atoms with van der Waals surface area (Å²) in [4.78, 5) is 14.8. The van der Waals surface area contributed by atoms with Gasteiger partial charge in [0.15, 0.2) is 0 Å². The number of hydrogen-bond donors (Lipinski definition) is 0. The van der Waals surface area contributed by atoms with Crippen molar-refractivity contribution in [3.05, 3.63) is 71.5 Å². The van der Waals surface area contributed by atoms with E-state index in [4.69, 9.17) is 4.74 Å². The van der Waals surface area contributed by atoms with Crippen LogP contribution < -0.4 is 0 Å². The van der Waals surface area contributed by atoms with Crippen LogP contribution in [-0.4, -0.2) is 36.6 Å². The lowest BCUT2D eigenvalue weighted by Gasteiger charge is -2.43. The van der Waals surface area contributed by atoms with E-state index in [0.717, 1.165) is 18.4 Å². The molecule has 2 saturated heterocycles. The van der Waals surface area contributed by atoms with Crippen LogP contribution in [0.25, 0.3) is 0 Å². The molecule has 0 unspecified atom stereocenters. The summed E-state index contributed by atoms with van der Waals surface area (Å²) >= 11 is 0. The maximum Gasteiger partial charge on any atom is 0.338 e. The summed E-state index contributed by atoms with van der Waals surface area (Å²) in [7, 11) is 2.18. The van der Waals surface area contributed by atoms with E-state index in [1.807, 2.05) is 30.3 Å². The van der Waals surface area contributed by atoms with Gasteiger partial charge in [-0.15, -0.1) is 0 Å². The van der Waals surface area contributed by atoms with Crippen molar-refractivity contribution in [2.24, 2.45) is 5.92 Å². The van der Waals surface area contributed by atoms with Crippen LogP contribution in [-0.2, 0) is 4.74 Å². The first kappa shape index (κ1) is 17.2. The molecule has 4 heteroatoms. The van der Waals surface area contributed by atoms with E-state index in [-0.39, 0.29) is 17.7 Å². The highest BCUT2D eigenvalue weighted by molar-refractivity contribution is 5.89. The molecule has 2 aliphatic heterocycles. The Hall–Kier alpha value is -2.20. The summed E-state index contributed by atoms with van der Waals surface area (Å²) in [6, 6.07) is 16.9. The average molecular weight is 353 g/mol. The largest absolute Gasteiger partial charge is 0.462 e. The second-order valence-corrected chi connectivity index (χ2v) is 7.49. The molecule has 2 aromatic rings. The smallest absolute Gasteiger partial charge is 0.338 e. The van der Waals surface area contributed by atoms with Gasteiger partial charge in [0.25, 0.3) is 0 Å². The predicted molar refractivity (Wildman–Crippen MR) is 98.5 cm³/mol. The molecule has 4 rings (SSSR count). The zero-order chi connectivity index (χ0) is 18.1. The first-order valence-electron chi connectivity index (χ1n) is 9.33. The van der Waals surface area contributed by atoms with E-state index in [1.165, 1.54) is 18.6 Å². The highest BCUT2D eigenvalue weighted by Gasteiger charge is 2.46. The molecule has 0 N–H and O–H groups in total. The number of piperidine rings is 1. The van der Waals surface area contributed by atoms with Crippen LogP contribution in [0.2, 0.25) is 0 Å². The fourth-order valence-electron chi connectivity index (χ4n) is 4.73. The van der Waals surface area contributed by atoms with Crippen LogP contribution in [0.5, 0.6) is 0 Å². The molecule has 0 spiro atoms. The minimum absolute atomic E-state index is 0.211. The van der Waals surface area contributed by atoms with Gasteiger partial charge in [-0.1, -0.05) is 30.3 Å². The van der Waals surface area contributed by atoms with Crippen molar-refractivity contribution < 1.29 is 13.9 Å². The van der Waals surface area contributed by atoms with E-state index in [9.17, 15) is 9.18 Å². The van der Waals surface area contributed by atoms with Gasteiger partial charge in [-0.25, -0.2) is 9.18 Å². The van der Waals surface area contributed by atoms with Crippen molar-refractivity contribution >= 4 is 5.97 Å². The van der Waals surface area contributed by atoms with Gasteiger partial charge < -0.3 is 9.64 Å². The van der Waals surface area contributed by atoms with Crippen LogP contribution in [0.4, 0.5) is 4.39 Å². The van der Waals surface area contributed by atoms with E-state index < -0.39 is 0 Å². The van der Waals surface area contributed by atoms with Crippen LogP contribution in [0.1, 0.15) is 41.1 Å². The number of benzene rings is 2.